The van der Waals surface area contributed by atoms with Gasteiger partial charge in [0.25, 0.3) is 5.91 Å². The molecule has 0 spiro atoms. The third-order valence-corrected chi connectivity index (χ3v) is 2.67. The number of nitrogens with zero attached hydrogens (tertiary/aromatic N) is 1. The van der Waals surface area contributed by atoms with E-state index in [0.29, 0.717) is 10.5 Å². The van der Waals surface area contributed by atoms with E-state index < -0.39 is 34.6 Å². The standard InChI is InChI=1S/C10H12Cl3FN2O3/c1-4(2)6(9(18)19-3-10(11,12)13)16-7(14)5(15)8(16)17/h5,7H,3,15H2,1-2H3. The number of ether oxygens (including phenoxy) is 1. The molecule has 0 aromatic carbocycles. The van der Waals surface area contributed by atoms with Crippen LogP contribution in [0.4, 0.5) is 4.39 Å². The Morgan fingerprint density at radius 3 is 2.37 bits per heavy atom. The van der Waals surface area contributed by atoms with E-state index in [-0.39, 0.29) is 5.70 Å². The monoisotopic (exact) mass is 332 g/mol. The lowest BCUT2D eigenvalue weighted by Gasteiger charge is -2.40. The predicted octanol–water partition coefficient (Wildman–Crippen LogP) is 1.66. The zero-order chi connectivity index (χ0) is 15.0. The molecule has 1 aliphatic heterocycles. The molecule has 1 amide bonds. The van der Waals surface area contributed by atoms with Crippen LogP contribution in [-0.4, -0.2) is 39.5 Å². The molecule has 0 aliphatic carbocycles. The van der Waals surface area contributed by atoms with E-state index >= 15 is 0 Å². The summed E-state index contributed by atoms with van der Waals surface area (Å²) in [6.45, 7) is 2.53. The molecule has 0 aromatic heterocycles. The molecule has 5 nitrogen and oxygen atoms in total. The number of hydrogen-bond acceptors (Lipinski definition) is 4. The highest BCUT2D eigenvalue weighted by molar-refractivity contribution is 6.67. The van der Waals surface area contributed by atoms with Crippen molar-refractivity contribution in [1.29, 1.82) is 0 Å². The topological polar surface area (TPSA) is 72.6 Å². The number of likely N-dealkylation sites (tertiary alicyclic amines) is 1. The van der Waals surface area contributed by atoms with Gasteiger partial charge in [0.2, 0.25) is 10.1 Å². The Bertz CT molecular complexity index is 432. The number of halogens is 4. The second kappa shape index (κ2) is 5.83. The normalized spacial score (nSPS) is 22.9. The lowest BCUT2D eigenvalue weighted by Crippen LogP contribution is -2.66. The van der Waals surface area contributed by atoms with Crippen molar-refractivity contribution in [3.05, 3.63) is 11.3 Å². The minimum absolute atomic E-state index is 0.228. The Kier molecular flexibility index (Phi) is 5.06. The van der Waals surface area contributed by atoms with Crippen molar-refractivity contribution < 1.29 is 18.7 Å². The summed E-state index contributed by atoms with van der Waals surface area (Å²) in [6.07, 6.45) is -1.77. The highest BCUT2D eigenvalue weighted by Gasteiger charge is 2.49. The van der Waals surface area contributed by atoms with Crippen LogP contribution >= 0.6 is 34.8 Å². The zero-order valence-corrected chi connectivity index (χ0v) is 12.4. The molecule has 108 valence electrons. The maximum Gasteiger partial charge on any atom is 0.355 e. The van der Waals surface area contributed by atoms with E-state index in [2.05, 4.69) is 0 Å². The van der Waals surface area contributed by atoms with Crippen LogP contribution in [0.2, 0.25) is 0 Å². The summed E-state index contributed by atoms with van der Waals surface area (Å²) < 4.78 is 16.5. The van der Waals surface area contributed by atoms with Gasteiger partial charge in [0, 0.05) is 0 Å². The Morgan fingerprint density at radius 1 is 1.47 bits per heavy atom. The van der Waals surface area contributed by atoms with Gasteiger partial charge in [-0.15, -0.1) is 0 Å². The fraction of sp³-hybridized carbons (Fsp3) is 0.600. The molecule has 1 saturated heterocycles. The van der Waals surface area contributed by atoms with Gasteiger partial charge in [-0.3, -0.25) is 9.69 Å². The van der Waals surface area contributed by atoms with Crippen molar-refractivity contribution in [2.75, 3.05) is 6.61 Å². The van der Waals surface area contributed by atoms with Gasteiger partial charge < -0.3 is 10.5 Å². The highest BCUT2D eigenvalue weighted by Crippen LogP contribution is 2.30. The van der Waals surface area contributed by atoms with Crippen molar-refractivity contribution in [2.45, 2.75) is 30.0 Å². The molecule has 0 radical (unpaired) electrons. The summed E-state index contributed by atoms with van der Waals surface area (Å²) >= 11 is 16.3. The van der Waals surface area contributed by atoms with Crippen LogP contribution in [0.3, 0.4) is 0 Å². The van der Waals surface area contributed by atoms with Gasteiger partial charge in [0.05, 0.1) is 0 Å². The molecule has 1 fully saturated rings. The van der Waals surface area contributed by atoms with E-state index in [1.807, 2.05) is 0 Å². The molecule has 1 aliphatic rings. The Labute approximate surface area is 124 Å². The van der Waals surface area contributed by atoms with Crippen LogP contribution in [0.15, 0.2) is 11.3 Å². The van der Waals surface area contributed by atoms with Crippen molar-refractivity contribution >= 4 is 46.7 Å². The number of rotatable bonds is 3. The summed E-state index contributed by atoms with van der Waals surface area (Å²) in [5, 5.41) is 0. The van der Waals surface area contributed by atoms with E-state index in [1.54, 1.807) is 0 Å². The van der Waals surface area contributed by atoms with Crippen LogP contribution in [-0.2, 0) is 14.3 Å². The van der Waals surface area contributed by atoms with E-state index in [9.17, 15) is 14.0 Å². The van der Waals surface area contributed by atoms with E-state index in [0.717, 1.165) is 0 Å². The Balaban J connectivity index is 2.84. The van der Waals surface area contributed by atoms with Gasteiger partial charge in [0.15, 0.2) is 0 Å². The lowest BCUT2D eigenvalue weighted by atomic mass is 10.0. The van der Waals surface area contributed by atoms with Crippen LogP contribution in [0.1, 0.15) is 13.8 Å². The minimum atomic E-state index is -1.78. The van der Waals surface area contributed by atoms with Crippen LogP contribution in [0, 0.1) is 0 Å². The number of alkyl halides is 4. The number of β-lactam (4-membered cyclic amide) rings is 1. The molecule has 1 rings (SSSR count). The second-order valence-corrected chi connectivity index (χ2v) is 6.66. The highest BCUT2D eigenvalue weighted by atomic mass is 35.6. The molecule has 0 saturated carbocycles. The molecule has 2 N–H and O–H groups in total. The molecule has 2 atom stereocenters. The van der Waals surface area contributed by atoms with Crippen molar-refractivity contribution in [1.82, 2.24) is 4.90 Å². The number of allylic oxidation sites excluding steroid dienone is 1. The molecule has 0 bridgehead atoms. The van der Waals surface area contributed by atoms with Gasteiger partial charge >= 0.3 is 5.97 Å². The molecular weight excluding hydrogens is 321 g/mol. The summed E-state index contributed by atoms with van der Waals surface area (Å²) in [6, 6.07) is -1.27. The summed E-state index contributed by atoms with van der Waals surface area (Å²) in [5.41, 5.74) is 5.39. The number of amides is 1. The predicted molar refractivity (Wildman–Crippen MR) is 69.3 cm³/mol. The number of esters is 1. The maximum absolute atomic E-state index is 13.5. The van der Waals surface area contributed by atoms with Gasteiger partial charge in [-0.1, -0.05) is 34.8 Å². The molecule has 1 heterocycles. The SMILES string of the molecule is CC(C)=C(C(=O)OCC(Cl)(Cl)Cl)N1C(=O)C(N)C1F. The van der Waals surface area contributed by atoms with Crippen molar-refractivity contribution in [3.8, 4) is 0 Å². The molecule has 0 aromatic rings. The summed E-state index contributed by atoms with van der Waals surface area (Å²) in [5.74, 6) is -1.65. The summed E-state index contributed by atoms with van der Waals surface area (Å²) in [4.78, 5) is 23.9. The van der Waals surface area contributed by atoms with Crippen LogP contribution in [0.5, 0.6) is 0 Å². The van der Waals surface area contributed by atoms with Gasteiger partial charge in [-0.2, -0.15) is 0 Å². The van der Waals surface area contributed by atoms with E-state index in [1.165, 1.54) is 13.8 Å². The largest absolute Gasteiger partial charge is 0.456 e. The fourth-order valence-corrected chi connectivity index (χ4v) is 1.63. The van der Waals surface area contributed by atoms with Crippen LogP contribution in [0.25, 0.3) is 0 Å². The smallest absolute Gasteiger partial charge is 0.355 e. The zero-order valence-electron chi connectivity index (χ0n) is 10.1. The lowest BCUT2D eigenvalue weighted by molar-refractivity contribution is -0.161. The third kappa shape index (κ3) is 3.72. The van der Waals surface area contributed by atoms with Crippen molar-refractivity contribution in [2.24, 2.45) is 5.73 Å². The first-order valence-electron chi connectivity index (χ1n) is 5.20. The number of carbonyl (C=O) groups excluding carboxylic acids is 2. The number of hydrogen-bond donors (Lipinski definition) is 1. The molecular formula is C10H12Cl3FN2O3. The first-order valence-corrected chi connectivity index (χ1v) is 6.33. The Morgan fingerprint density at radius 2 is 2.00 bits per heavy atom. The van der Waals surface area contributed by atoms with Crippen LogP contribution < -0.4 is 5.73 Å². The second-order valence-electron chi connectivity index (χ2n) is 4.15. The molecule has 2 unspecified atom stereocenters. The minimum Gasteiger partial charge on any atom is -0.456 e. The molecule has 9 heteroatoms. The van der Waals surface area contributed by atoms with E-state index in [4.69, 9.17) is 45.3 Å². The molecule has 19 heavy (non-hydrogen) atoms. The average Bonchev–Trinajstić information content (AvgIpc) is 2.30. The van der Waals surface area contributed by atoms with Crippen molar-refractivity contribution in [3.63, 3.8) is 0 Å². The number of carbonyl (C=O) groups is 2. The summed E-state index contributed by atoms with van der Waals surface area (Å²) in [7, 11) is 0. The first kappa shape index (κ1) is 16.5. The number of nitrogens with two attached hydrogens (primary N) is 1. The Hall–Kier alpha value is -0.560. The maximum atomic E-state index is 13.5. The quantitative estimate of drug-likeness (QED) is 0.280. The fourth-order valence-electron chi connectivity index (χ4n) is 1.47. The van der Waals surface area contributed by atoms with Gasteiger partial charge in [-0.25, -0.2) is 9.18 Å². The first-order chi connectivity index (χ1) is 8.56. The average molecular weight is 334 g/mol. The van der Waals surface area contributed by atoms with Gasteiger partial charge in [-0.05, 0) is 19.4 Å². The third-order valence-electron chi connectivity index (χ3n) is 2.34. The van der Waals surface area contributed by atoms with Gasteiger partial charge in [0.1, 0.15) is 18.3 Å².